The van der Waals surface area contributed by atoms with E-state index in [9.17, 15) is 18.0 Å². The molecule has 9 heteroatoms. The van der Waals surface area contributed by atoms with E-state index in [1.165, 1.54) is 10.7 Å². The molecule has 6 nitrogen and oxygen atoms in total. The standard InChI is InChI=1S/C19H16F3N5O/c1-10-3-4-13-14(8-23-17(13)25-10)12-5-6-27-16(7-12)15(9-24-27)18(28)26-11(2)19(20,21)22/h3-9,11H,1-2H3,(H,23,25)(H,26,28)/t11-/m1/s1. The van der Waals surface area contributed by atoms with E-state index in [1.807, 2.05) is 36.6 Å². The van der Waals surface area contributed by atoms with Crippen molar-refractivity contribution in [1.29, 1.82) is 0 Å². The Kier molecular flexibility index (Phi) is 4.10. The van der Waals surface area contributed by atoms with Crippen molar-refractivity contribution in [2.24, 2.45) is 0 Å². The van der Waals surface area contributed by atoms with Crippen molar-refractivity contribution in [1.82, 2.24) is 24.9 Å². The molecule has 1 atom stereocenters. The summed E-state index contributed by atoms with van der Waals surface area (Å²) in [6.07, 6.45) is 0.219. The highest BCUT2D eigenvalue weighted by molar-refractivity contribution is 6.02. The average molecular weight is 387 g/mol. The van der Waals surface area contributed by atoms with Crippen molar-refractivity contribution in [3.8, 4) is 11.1 Å². The highest BCUT2D eigenvalue weighted by atomic mass is 19.4. The maximum atomic E-state index is 12.7. The predicted octanol–water partition coefficient (Wildman–Crippen LogP) is 3.87. The normalized spacial score (nSPS) is 13.2. The smallest absolute Gasteiger partial charge is 0.346 e. The fourth-order valence-electron chi connectivity index (χ4n) is 3.02. The quantitative estimate of drug-likeness (QED) is 0.560. The molecule has 4 heterocycles. The molecule has 2 N–H and O–H groups in total. The van der Waals surface area contributed by atoms with Crippen LogP contribution >= 0.6 is 0 Å². The molecule has 4 aromatic heterocycles. The largest absolute Gasteiger partial charge is 0.408 e. The van der Waals surface area contributed by atoms with E-state index in [0.29, 0.717) is 5.52 Å². The van der Waals surface area contributed by atoms with Crippen LogP contribution in [-0.2, 0) is 0 Å². The molecule has 0 saturated heterocycles. The van der Waals surface area contributed by atoms with Crippen LogP contribution in [0.3, 0.4) is 0 Å². The van der Waals surface area contributed by atoms with E-state index in [4.69, 9.17) is 0 Å². The third kappa shape index (κ3) is 3.08. The number of carbonyl (C=O) groups excluding carboxylic acids is 1. The first-order valence-corrected chi connectivity index (χ1v) is 8.54. The maximum absolute atomic E-state index is 12.7. The third-order valence-corrected chi connectivity index (χ3v) is 4.59. The van der Waals surface area contributed by atoms with Gasteiger partial charge in [-0.05, 0) is 43.7 Å². The number of alkyl halides is 3. The van der Waals surface area contributed by atoms with E-state index >= 15 is 0 Å². The molecule has 0 fully saturated rings. The van der Waals surface area contributed by atoms with E-state index in [-0.39, 0.29) is 5.56 Å². The number of halogens is 3. The Morgan fingerprint density at radius 1 is 1.29 bits per heavy atom. The van der Waals surface area contributed by atoms with Crippen LogP contribution in [0.25, 0.3) is 27.7 Å². The van der Waals surface area contributed by atoms with Crippen molar-refractivity contribution in [3.05, 3.63) is 54.1 Å². The molecule has 144 valence electrons. The second-order valence-electron chi connectivity index (χ2n) is 6.59. The third-order valence-electron chi connectivity index (χ3n) is 4.59. The van der Waals surface area contributed by atoms with Gasteiger partial charge in [-0.25, -0.2) is 9.50 Å². The molecule has 0 aromatic carbocycles. The highest BCUT2D eigenvalue weighted by Gasteiger charge is 2.37. The topological polar surface area (TPSA) is 75.1 Å². The second-order valence-corrected chi connectivity index (χ2v) is 6.59. The van der Waals surface area contributed by atoms with Crippen LogP contribution in [0.2, 0.25) is 0 Å². The zero-order valence-corrected chi connectivity index (χ0v) is 15.0. The van der Waals surface area contributed by atoms with Crippen molar-refractivity contribution in [2.75, 3.05) is 0 Å². The van der Waals surface area contributed by atoms with Gasteiger partial charge in [-0.3, -0.25) is 4.79 Å². The van der Waals surface area contributed by atoms with Crippen molar-refractivity contribution < 1.29 is 18.0 Å². The lowest BCUT2D eigenvalue weighted by Gasteiger charge is -2.16. The number of aromatic amines is 1. The minimum absolute atomic E-state index is 0.0757. The second kappa shape index (κ2) is 6.36. The van der Waals surface area contributed by atoms with Gasteiger partial charge in [-0.2, -0.15) is 18.3 Å². The maximum Gasteiger partial charge on any atom is 0.408 e. The minimum Gasteiger partial charge on any atom is -0.346 e. The molecule has 4 aromatic rings. The van der Waals surface area contributed by atoms with Gasteiger partial charge in [-0.15, -0.1) is 0 Å². The summed E-state index contributed by atoms with van der Waals surface area (Å²) in [7, 11) is 0. The average Bonchev–Trinajstić information content (AvgIpc) is 3.23. The van der Waals surface area contributed by atoms with Crippen molar-refractivity contribution in [2.45, 2.75) is 26.1 Å². The predicted molar refractivity (Wildman–Crippen MR) is 98.0 cm³/mol. The number of rotatable bonds is 3. The molecule has 1 amide bonds. The van der Waals surface area contributed by atoms with E-state index in [1.54, 1.807) is 12.3 Å². The zero-order valence-electron chi connectivity index (χ0n) is 15.0. The van der Waals surface area contributed by atoms with E-state index < -0.39 is 18.1 Å². The SMILES string of the molecule is Cc1ccc2c(-c3ccn4ncc(C(=O)N[C@H](C)C(F)(F)F)c4c3)c[nH]c2n1. The molecule has 28 heavy (non-hydrogen) atoms. The molecule has 0 aliphatic heterocycles. The molecule has 0 saturated carbocycles. The van der Waals surface area contributed by atoms with E-state index in [0.717, 1.165) is 34.8 Å². The lowest BCUT2D eigenvalue weighted by Crippen LogP contribution is -2.43. The molecule has 0 aliphatic carbocycles. The van der Waals surface area contributed by atoms with Gasteiger partial charge in [0.1, 0.15) is 11.7 Å². The van der Waals surface area contributed by atoms with Gasteiger partial charge in [0.05, 0.1) is 17.3 Å². The number of H-pyrrole nitrogens is 1. The van der Waals surface area contributed by atoms with Crippen LogP contribution in [0.15, 0.2) is 42.9 Å². The number of hydrogen-bond donors (Lipinski definition) is 2. The van der Waals surface area contributed by atoms with Gasteiger partial charge in [0, 0.05) is 29.0 Å². The summed E-state index contributed by atoms with van der Waals surface area (Å²) in [5.74, 6) is -0.826. The summed E-state index contributed by atoms with van der Waals surface area (Å²) in [5.41, 5.74) is 3.78. The Bertz CT molecular complexity index is 1190. The van der Waals surface area contributed by atoms with Gasteiger partial charge < -0.3 is 10.3 Å². The molecule has 0 bridgehead atoms. The summed E-state index contributed by atoms with van der Waals surface area (Å²) in [6.45, 7) is 2.79. The molecule has 0 aliphatic rings. The molecule has 4 rings (SSSR count). The monoisotopic (exact) mass is 387 g/mol. The number of pyridine rings is 2. The Balaban J connectivity index is 1.75. The first-order valence-electron chi connectivity index (χ1n) is 8.54. The molecule has 0 radical (unpaired) electrons. The van der Waals surface area contributed by atoms with Crippen LogP contribution in [0.1, 0.15) is 23.0 Å². The van der Waals surface area contributed by atoms with Crippen LogP contribution in [0.4, 0.5) is 13.2 Å². The van der Waals surface area contributed by atoms with E-state index in [2.05, 4.69) is 15.1 Å². The first kappa shape index (κ1) is 18.0. The summed E-state index contributed by atoms with van der Waals surface area (Å²) in [4.78, 5) is 19.9. The fourth-order valence-corrected chi connectivity index (χ4v) is 3.02. The summed E-state index contributed by atoms with van der Waals surface area (Å²) in [6, 6.07) is 5.43. The summed E-state index contributed by atoms with van der Waals surface area (Å²) in [5, 5.41) is 6.94. The van der Waals surface area contributed by atoms with Gasteiger partial charge in [0.2, 0.25) is 0 Å². The summed E-state index contributed by atoms with van der Waals surface area (Å²) < 4.78 is 39.7. The Hall–Kier alpha value is -3.36. The number of hydrogen-bond acceptors (Lipinski definition) is 3. The molecular weight excluding hydrogens is 371 g/mol. The lowest BCUT2D eigenvalue weighted by atomic mass is 10.1. The number of carbonyl (C=O) groups is 1. The molecule has 0 spiro atoms. The van der Waals surface area contributed by atoms with Gasteiger partial charge in [0.25, 0.3) is 5.91 Å². The number of amides is 1. The highest BCUT2D eigenvalue weighted by Crippen LogP contribution is 2.29. The Labute approximate surface area is 157 Å². The van der Waals surface area contributed by atoms with Crippen molar-refractivity contribution in [3.63, 3.8) is 0 Å². The van der Waals surface area contributed by atoms with Crippen molar-refractivity contribution >= 4 is 22.5 Å². The minimum atomic E-state index is -4.51. The summed E-state index contributed by atoms with van der Waals surface area (Å²) >= 11 is 0. The van der Waals surface area contributed by atoms with Crippen LogP contribution in [-0.4, -0.2) is 37.7 Å². The zero-order chi connectivity index (χ0) is 20.1. The van der Waals surface area contributed by atoms with Crippen LogP contribution in [0.5, 0.6) is 0 Å². The van der Waals surface area contributed by atoms with Crippen LogP contribution in [0, 0.1) is 6.92 Å². The number of fused-ring (bicyclic) bond motifs is 2. The van der Waals surface area contributed by atoms with Gasteiger partial charge in [-0.1, -0.05) is 0 Å². The van der Waals surface area contributed by atoms with Crippen LogP contribution < -0.4 is 5.32 Å². The molecule has 0 unspecified atom stereocenters. The van der Waals surface area contributed by atoms with Gasteiger partial charge in [0.15, 0.2) is 0 Å². The Morgan fingerprint density at radius 2 is 2.07 bits per heavy atom. The number of aryl methyl sites for hydroxylation is 1. The number of nitrogens with one attached hydrogen (secondary N) is 2. The Morgan fingerprint density at radius 3 is 2.82 bits per heavy atom. The van der Waals surface area contributed by atoms with Gasteiger partial charge >= 0.3 is 6.18 Å². The lowest BCUT2D eigenvalue weighted by molar-refractivity contribution is -0.149. The number of nitrogens with zero attached hydrogens (tertiary/aromatic N) is 3. The fraction of sp³-hybridized carbons (Fsp3) is 0.211. The number of aromatic nitrogens is 4. The first-order chi connectivity index (χ1) is 13.2. The molecular formula is C19H16F3N5O.